The van der Waals surface area contributed by atoms with Crippen molar-refractivity contribution in [3.8, 4) is 0 Å². The number of carbonyl (C=O) groups is 1. The summed E-state index contributed by atoms with van der Waals surface area (Å²) in [5.74, 6) is -1.19. The molecule has 0 unspecified atom stereocenters. The topological polar surface area (TPSA) is 109 Å². The van der Waals surface area contributed by atoms with Crippen LogP contribution in [0.5, 0.6) is 0 Å². The molecule has 2 N–H and O–H groups in total. The minimum Gasteiger partial charge on any atom is -0.477 e. The van der Waals surface area contributed by atoms with Gasteiger partial charge in [-0.2, -0.15) is 0 Å². The Labute approximate surface area is 154 Å². The third kappa shape index (κ3) is 3.06. The lowest BCUT2D eigenvalue weighted by atomic mass is 10.2. The quantitative estimate of drug-likeness (QED) is 0.563. The van der Waals surface area contributed by atoms with E-state index in [4.69, 9.17) is 5.11 Å². The number of aromatic nitrogens is 2. The molecule has 0 radical (unpaired) electrons. The molecule has 0 saturated carbocycles. The number of carboxylic acid groups (broad SMARTS) is 1. The first-order chi connectivity index (χ1) is 13.0. The second kappa shape index (κ2) is 6.33. The zero-order valence-corrected chi connectivity index (χ0v) is 14.6. The summed E-state index contributed by atoms with van der Waals surface area (Å²) in [5, 5.41) is 10.5. The van der Waals surface area contributed by atoms with Crippen molar-refractivity contribution in [3.63, 3.8) is 0 Å². The molecular formula is C19H13N3O4S. The number of hydrogen-bond donors (Lipinski definition) is 2. The molecule has 8 heteroatoms. The van der Waals surface area contributed by atoms with Gasteiger partial charge in [-0.15, -0.1) is 0 Å². The lowest BCUT2D eigenvalue weighted by Gasteiger charge is -2.12. The molecule has 4 rings (SSSR count). The molecule has 0 bridgehead atoms. The van der Waals surface area contributed by atoms with Gasteiger partial charge >= 0.3 is 5.97 Å². The fraction of sp³-hybridized carbons (Fsp3) is 0. The van der Waals surface area contributed by atoms with Crippen LogP contribution in [0, 0.1) is 0 Å². The average Bonchev–Trinajstić information content (AvgIpc) is 2.67. The molecule has 134 valence electrons. The zero-order valence-electron chi connectivity index (χ0n) is 13.8. The standard InChI is InChI=1S/C19H13N3O4S/c23-19(24)15-10-9-13-4-1-7-14(17(13)21-15)22-27(25,26)16-8-2-5-12-6-3-11-20-18(12)16/h1-11,22H,(H,23,24). The largest absolute Gasteiger partial charge is 0.477 e. The average molecular weight is 379 g/mol. The van der Waals surface area contributed by atoms with Crippen LogP contribution in [0.3, 0.4) is 0 Å². The number of nitrogens with one attached hydrogen (secondary N) is 1. The van der Waals surface area contributed by atoms with Gasteiger partial charge in [-0.05, 0) is 24.3 Å². The molecule has 27 heavy (non-hydrogen) atoms. The van der Waals surface area contributed by atoms with Crippen LogP contribution in [-0.4, -0.2) is 29.5 Å². The molecule has 0 atom stereocenters. The summed E-state index contributed by atoms with van der Waals surface area (Å²) in [6.07, 6.45) is 1.53. The van der Waals surface area contributed by atoms with E-state index >= 15 is 0 Å². The molecule has 0 aliphatic rings. The van der Waals surface area contributed by atoms with Crippen LogP contribution in [0.15, 0.2) is 71.8 Å². The monoisotopic (exact) mass is 379 g/mol. The van der Waals surface area contributed by atoms with Crippen LogP contribution in [0.4, 0.5) is 5.69 Å². The highest BCUT2D eigenvalue weighted by Gasteiger charge is 2.20. The van der Waals surface area contributed by atoms with E-state index in [0.717, 1.165) is 0 Å². The van der Waals surface area contributed by atoms with Crippen LogP contribution >= 0.6 is 0 Å². The highest BCUT2D eigenvalue weighted by atomic mass is 32.2. The number of sulfonamides is 1. The van der Waals surface area contributed by atoms with Gasteiger partial charge in [0.1, 0.15) is 10.6 Å². The van der Waals surface area contributed by atoms with Crippen molar-refractivity contribution in [1.82, 2.24) is 9.97 Å². The zero-order chi connectivity index (χ0) is 19.0. The van der Waals surface area contributed by atoms with Gasteiger partial charge in [0.25, 0.3) is 10.0 Å². The van der Waals surface area contributed by atoms with E-state index in [0.29, 0.717) is 16.3 Å². The first-order valence-corrected chi connectivity index (χ1v) is 9.44. The van der Waals surface area contributed by atoms with Crippen LogP contribution in [-0.2, 0) is 10.0 Å². The van der Waals surface area contributed by atoms with Gasteiger partial charge in [0.2, 0.25) is 0 Å². The number of aromatic carboxylic acids is 1. The number of anilines is 1. The molecule has 7 nitrogen and oxygen atoms in total. The molecule has 0 saturated heterocycles. The summed E-state index contributed by atoms with van der Waals surface area (Å²) in [4.78, 5) is 19.5. The maximum absolute atomic E-state index is 13.0. The lowest BCUT2D eigenvalue weighted by molar-refractivity contribution is 0.0691. The van der Waals surface area contributed by atoms with Crippen molar-refractivity contribution in [2.24, 2.45) is 0 Å². The van der Waals surface area contributed by atoms with Crippen LogP contribution < -0.4 is 4.72 Å². The van der Waals surface area contributed by atoms with Gasteiger partial charge in [0.05, 0.1) is 16.7 Å². The van der Waals surface area contributed by atoms with Crippen LogP contribution in [0.1, 0.15) is 10.5 Å². The van der Waals surface area contributed by atoms with Crippen LogP contribution in [0.2, 0.25) is 0 Å². The van der Waals surface area contributed by atoms with Gasteiger partial charge in [0, 0.05) is 17.0 Å². The lowest BCUT2D eigenvalue weighted by Crippen LogP contribution is -2.14. The summed E-state index contributed by atoms with van der Waals surface area (Å²) in [6, 6.07) is 16.3. The third-order valence-corrected chi connectivity index (χ3v) is 5.47. The van der Waals surface area contributed by atoms with E-state index in [1.54, 1.807) is 42.5 Å². The van der Waals surface area contributed by atoms with Crippen LogP contribution in [0.25, 0.3) is 21.8 Å². The Morgan fingerprint density at radius 1 is 0.889 bits per heavy atom. The summed E-state index contributed by atoms with van der Waals surface area (Å²) < 4.78 is 28.5. The highest BCUT2D eigenvalue weighted by molar-refractivity contribution is 7.93. The summed E-state index contributed by atoms with van der Waals surface area (Å²) in [6.45, 7) is 0. The Hall–Kier alpha value is -3.52. The fourth-order valence-electron chi connectivity index (χ4n) is 2.84. The molecule has 0 aliphatic heterocycles. The Kier molecular flexibility index (Phi) is 3.97. The molecule has 4 aromatic rings. The molecule has 0 fully saturated rings. The second-order valence-corrected chi connectivity index (χ2v) is 7.47. The molecule has 0 aliphatic carbocycles. The maximum Gasteiger partial charge on any atom is 0.354 e. The Morgan fingerprint density at radius 2 is 1.59 bits per heavy atom. The predicted octanol–water partition coefficient (Wildman–Crippen LogP) is 3.28. The Balaban J connectivity index is 1.85. The van der Waals surface area contributed by atoms with E-state index in [2.05, 4.69) is 14.7 Å². The number of carboxylic acids is 1. The highest BCUT2D eigenvalue weighted by Crippen LogP contribution is 2.27. The van der Waals surface area contributed by atoms with E-state index in [-0.39, 0.29) is 21.8 Å². The minimum atomic E-state index is -3.96. The number of rotatable bonds is 4. The van der Waals surface area contributed by atoms with E-state index in [1.807, 2.05) is 0 Å². The summed E-state index contributed by atoms with van der Waals surface area (Å²) >= 11 is 0. The molecule has 0 spiro atoms. The maximum atomic E-state index is 13.0. The number of pyridine rings is 2. The first kappa shape index (κ1) is 16.9. The number of fused-ring (bicyclic) bond motifs is 2. The minimum absolute atomic E-state index is 0.0343. The SMILES string of the molecule is O=C(O)c1ccc2cccc(NS(=O)(=O)c3cccc4cccnc34)c2n1. The van der Waals surface area contributed by atoms with Crippen molar-refractivity contribution in [2.75, 3.05) is 4.72 Å². The number of hydrogen-bond acceptors (Lipinski definition) is 5. The summed E-state index contributed by atoms with van der Waals surface area (Å²) in [5.41, 5.74) is 0.644. The number of benzene rings is 2. The van der Waals surface area contributed by atoms with Crippen molar-refractivity contribution in [3.05, 3.63) is 72.6 Å². The molecule has 2 aromatic carbocycles. The van der Waals surface area contributed by atoms with Gasteiger partial charge in [0.15, 0.2) is 0 Å². The van der Waals surface area contributed by atoms with Crippen molar-refractivity contribution in [1.29, 1.82) is 0 Å². The van der Waals surface area contributed by atoms with Crippen molar-refractivity contribution < 1.29 is 18.3 Å². The Bertz CT molecular complexity index is 1300. The normalized spacial score (nSPS) is 11.6. The van der Waals surface area contributed by atoms with E-state index in [1.165, 1.54) is 24.4 Å². The molecule has 0 amide bonds. The molecular weight excluding hydrogens is 366 g/mol. The van der Waals surface area contributed by atoms with Crippen molar-refractivity contribution >= 4 is 43.5 Å². The molecule has 2 heterocycles. The van der Waals surface area contributed by atoms with E-state index < -0.39 is 16.0 Å². The van der Waals surface area contributed by atoms with E-state index in [9.17, 15) is 13.2 Å². The van der Waals surface area contributed by atoms with Crippen molar-refractivity contribution in [2.45, 2.75) is 4.90 Å². The van der Waals surface area contributed by atoms with Gasteiger partial charge < -0.3 is 5.11 Å². The second-order valence-electron chi connectivity index (χ2n) is 5.82. The van der Waals surface area contributed by atoms with Gasteiger partial charge in [-0.25, -0.2) is 18.2 Å². The van der Waals surface area contributed by atoms with Gasteiger partial charge in [-0.3, -0.25) is 9.71 Å². The summed E-state index contributed by atoms with van der Waals surface area (Å²) in [7, 11) is -3.96. The molecule has 2 aromatic heterocycles. The first-order valence-electron chi connectivity index (χ1n) is 7.95. The number of para-hydroxylation sites is 2. The number of nitrogens with zero attached hydrogens (tertiary/aromatic N) is 2. The third-order valence-electron chi connectivity index (χ3n) is 4.07. The fourth-order valence-corrected chi connectivity index (χ4v) is 4.09. The van der Waals surface area contributed by atoms with Gasteiger partial charge in [-0.1, -0.05) is 36.4 Å². The predicted molar refractivity (Wildman–Crippen MR) is 101 cm³/mol. The smallest absolute Gasteiger partial charge is 0.354 e. The Morgan fingerprint density at radius 3 is 2.37 bits per heavy atom.